The van der Waals surface area contributed by atoms with Crippen molar-refractivity contribution in [3.63, 3.8) is 0 Å². The average molecular weight is 486 g/mol. The van der Waals surface area contributed by atoms with Crippen LogP contribution in [0.5, 0.6) is 0 Å². The number of carbonyl (C=O) groups is 1. The Labute approximate surface area is 176 Å². The number of nitrogens with one attached hydrogen (secondary N) is 2. The van der Waals surface area contributed by atoms with Gasteiger partial charge in [0, 0.05) is 25.3 Å². The van der Waals surface area contributed by atoms with Crippen molar-refractivity contribution in [2.75, 3.05) is 19.7 Å². The summed E-state index contributed by atoms with van der Waals surface area (Å²) < 4.78 is 10.8. The van der Waals surface area contributed by atoms with Crippen molar-refractivity contribution in [1.29, 1.82) is 0 Å². The number of nitrogens with two attached hydrogens (primary N) is 1. The fraction of sp³-hybridized carbons (Fsp3) is 0.368. The molecule has 2 aromatic rings. The molecule has 7 nitrogen and oxygen atoms in total. The van der Waals surface area contributed by atoms with E-state index in [1.807, 2.05) is 31.2 Å². The summed E-state index contributed by atoms with van der Waals surface area (Å²) in [7, 11) is 0. The molecule has 1 amide bonds. The van der Waals surface area contributed by atoms with Gasteiger partial charge in [-0.05, 0) is 43.2 Å². The molecule has 1 aromatic carbocycles. The zero-order chi connectivity index (χ0) is 18.6. The Morgan fingerprint density at radius 3 is 2.81 bits per heavy atom. The smallest absolute Gasteiger partial charge is 0.248 e. The van der Waals surface area contributed by atoms with Crippen LogP contribution in [0.25, 0.3) is 0 Å². The lowest BCUT2D eigenvalue weighted by molar-refractivity contribution is 0.1000. The van der Waals surface area contributed by atoms with E-state index < -0.39 is 5.91 Å². The van der Waals surface area contributed by atoms with Crippen LogP contribution in [0.3, 0.4) is 0 Å². The minimum absolute atomic E-state index is 0. The summed E-state index contributed by atoms with van der Waals surface area (Å²) in [4.78, 5) is 15.8. The van der Waals surface area contributed by atoms with Gasteiger partial charge in [0.15, 0.2) is 5.96 Å². The zero-order valence-electron chi connectivity index (χ0n) is 15.4. The fourth-order valence-electron chi connectivity index (χ4n) is 2.28. The monoisotopic (exact) mass is 486 g/mol. The molecule has 8 heteroatoms. The van der Waals surface area contributed by atoms with Gasteiger partial charge in [0.2, 0.25) is 5.91 Å². The highest BCUT2D eigenvalue weighted by Crippen LogP contribution is 2.06. The van der Waals surface area contributed by atoms with Crippen LogP contribution in [0, 0.1) is 0 Å². The molecule has 0 fully saturated rings. The predicted octanol–water partition coefficient (Wildman–Crippen LogP) is 2.66. The Balaban J connectivity index is 0.00000364. The number of ether oxygens (including phenoxy) is 1. The number of aliphatic imine (C=N–C) groups is 1. The minimum Gasteiger partial charge on any atom is -0.467 e. The summed E-state index contributed by atoms with van der Waals surface area (Å²) in [6, 6.07) is 10.9. The first kappa shape index (κ1) is 23.0. The van der Waals surface area contributed by atoms with E-state index in [1.165, 1.54) is 0 Å². The lowest BCUT2D eigenvalue weighted by Crippen LogP contribution is -2.38. The highest BCUT2D eigenvalue weighted by atomic mass is 127. The number of hydrogen-bond acceptors (Lipinski definition) is 4. The Kier molecular flexibility index (Phi) is 11.2. The third-order valence-corrected chi connectivity index (χ3v) is 3.56. The van der Waals surface area contributed by atoms with Crippen LogP contribution in [0.2, 0.25) is 0 Å². The first-order chi connectivity index (χ1) is 12.7. The van der Waals surface area contributed by atoms with Crippen LogP contribution in [-0.4, -0.2) is 31.6 Å². The van der Waals surface area contributed by atoms with E-state index in [0.29, 0.717) is 25.3 Å². The van der Waals surface area contributed by atoms with E-state index in [1.54, 1.807) is 18.4 Å². The minimum atomic E-state index is -0.435. The molecule has 0 aliphatic carbocycles. The van der Waals surface area contributed by atoms with Gasteiger partial charge in [0.05, 0.1) is 12.8 Å². The standard InChI is InChI=1S/C19H26N4O3.HI/c1-2-21-19(22-9-5-10-25-14-17-8-4-11-26-17)23-13-15-6-3-7-16(12-15)18(20)24;/h3-4,6-8,11-12H,2,5,9-10,13-14H2,1H3,(H2,20,24)(H2,21,22,23);1H. The van der Waals surface area contributed by atoms with Crippen molar-refractivity contribution in [3.05, 3.63) is 59.5 Å². The number of hydrogen-bond donors (Lipinski definition) is 3. The van der Waals surface area contributed by atoms with E-state index in [9.17, 15) is 4.79 Å². The van der Waals surface area contributed by atoms with E-state index in [4.69, 9.17) is 14.9 Å². The molecule has 1 heterocycles. The number of halogens is 1. The van der Waals surface area contributed by atoms with Crippen molar-refractivity contribution < 1.29 is 13.9 Å². The van der Waals surface area contributed by atoms with E-state index >= 15 is 0 Å². The fourth-order valence-corrected chi connectivity index (χ4v) is 2.28. The summed E-state index contributed by atoms with van der Waals surface area (Å²) in [6.45, 7) is 5.10. The summed E-state index contributed by atoms with van der Waals surface area (Å²) in [5, 5.41) is 6.46. The third kappa shape index (κ3) is 8.91. The molecular formula is C19H27IN4O3. The van der Waals surface area contributed by atoms with Gasteiger partial charge in [-0.15, -0.1) is 24.0 Å². The highest BCUT2D eigenvalue weighted by Gasteiger charge is 2.02. The van der Waals surface area contributed by atoms with Gasteiger partial charge in [-0.3, -0.25) is 4.79 Å². The Hall–Kier alpha value is -2.07. The Morgan fingerprint density at radius 1 is 1.26 bits per heavy atom. The van der Waals surface area contributed by atoms with Crippen LogP contribution in [0.1, 0.15) is 35.0 Å². The summed E-state index contributed by atoms with van der Waals surface area (Å²) in [5.74, 6) is 1.12. The molecule has 0 radical (unpaired) electrons. The molecule has 27 heavy (non-hydrogen) atoms. The zero-order valence-corrected chi connectivity index (χ0v) is 17.8. The van der Waals surface area contributed by atoms with E-state index in [2.05, 4.69) is 15.6 Å². The molecule has 0 saturated carbocycles. The lowest BCUT2D eigenvalue weighted by atomic mass is 10.1. The topological polar surface area (TPSA) is 102 Å². The van der Waals surface area contributed by atoms with Crippen molar-refractivity contribution in [2.24, 2.45) is 10.7 Å². The van der Waals surface area contributed by atoms with Gasteiger partial charge in [0.1, 0.15) is 12.4 Å². The molecule has 1 aromatic heterocycles. The molecular weight excluding hydrogens is 459 g/mol. The number of benzene rings is 1. The maximum absolute atomic E-state index is 11.2. The van der Waals surface area contributed by atoms with Crippen molar-refractivity contribution >= 4 is 35.8 Å². The Bertz CT molecular complexity index is 705. The number of guanidine groups is 1. The van der Waals surface area contributed by atoms with Crippen LogP contribution in [0.4, 0.5) is 0 Å². The van der Waals surface area contributed by atoms with E-state index in [-0.39, 0.29) is 24.0 Å². The van der Waals surface area contributed by atoms with Crippen molar-refractivity contribution in [1.82, 2.24) is 10.6 Å². The molecule has 4 N–H and O–H groups in total. The van der Waals surface area contributed by atoms with Gasteiger partial charge in [-0.2, -0.15) is 0 Å². The molecule has 2 rings (SSSR count). The molecule has 0 bridgehead atoms. The second-order valence-electron chi connectivity index (χ2n) is 5.67. The number of nitrogens with zero attached hydrogens (tertiary/aromatic N) is 1. The van der Waals surface area contributed by atoms with Crippen LogP contribution in [-0.2, 0) is 17.9 Å². The number of carbonyl (C=O) groups excluding carboxylic acids is 1. The van der Waals surface area contributed by atoms with Gasteiger partial charge in [0.25, 0.3) is 0 Å². The van der Waals surface area contributed by atoms with Crippen LogP contribution >= 0.6 is 24.0 Å². The third-order valence-electron chi connectivity index (χ3n) is 3.56. The maximum Gasteiger partial charge on any atom is 0.248 e. The Morgan fingerprint density at radius 2 is 2.11 bits per heavy atom. The number of amides is 1. The van der Waals surface area contributed by atoms with Crippen molar-refractivity contribution in [2.45, 2.75) is 26.5 Å². The normalized spacial score (nSPS) is 10.9. The van der Waals surface area contributed by atoms with Crippen LogP contribution < -0.4 is 16.4 Å². The molecule has 0 saturated heterocycles. The number of primary amides is 1. The summed E-state index contributed by atoms with van der Waals surface area (Å²) >= 11 is 0. The molecule has 0 unspecified atom stereocenters. The SMILES string of the molecule is CCNC(=NCc1cccc(C(N)=O)c1)NCCCOCc1ccco1.I. The van der Waals surface area contributed by atoms with Gasteiger partial charge >= 0.3 is 0 Å². The molecule has 0 aliphatic heterocycles. The van der Waals surface area contributed by atoms with Crippen molar-refractivity contribution in [3.8, 4) is 0 Å². The summed E-state index contributed by atoms with van der Waals surface area (Å²) in [6.07, 6.45) is 2.49. The molecule has 0 spiro atoms. The van der Waals surface area contributed by atoms with Gasteiger partial charge in [-0.25, -0.2) is 4.99 Å². The quantitative estimate of drug-likeness (QED) is 0.208. The molecule has 0 aliphatic rings. The van der Waals surface area contributed by atoms with Crippen LogP contribution in [0.15, 0.2) is 52.1 Å². The second-order valence-corrected chi connectivity index (χ2v) is 5.67. The predicted molar refractivity (Wildman–Crippen MR) is 116 cm³/mol. The maximum atomic E-state index is 11.2. The highest BCUT2D eigenvalue weighted by molar-refractivity contribution is 14.0. The van der Waals surface area contributed by atoms with Gasteiger partial charge < -0.3 is 25.5 Å². The second kappa shape index (κ2) is 13.2. The lowest BCUT2D eigenvalue weighted by Gasteiger charge is -2.11. The number of furan rings is 1. The first-order valence-corrected chi connectivity index (χ1v) is 8.70. The average Bonchev–Trinajstić information content (AvgIpc) is 3.16. The number of rotatable bonds is 10. The molecule has 148 valence electrons. The molecule has 0 atom stereocenters. The summed E-state index contributed by atoms with van der Waals surface area (Å²) in [5.41, 5.74) is 6.73. The first-order valence-electron chi connectivity index (χ1n) is 8.70. The van der Waals surface area contributed by atoms with Gasteiger partial charge in [-0.1, -0.05) is 12.1 Å². The largest absolute Gasteiger partial charge is 0.467 e. The van der Waals surface area contributed by atoms with E-state index in [0.717, 1.165) is 36.8 Å².